The highest BCUT2D eigenvalue weighted by Gasteiger charge is 2.22. The van der Waals surface area contributed by atoms with Gasteiger partial charge in [0.25, 0.3) is 0 Å². The van der Waals surface area contributed by atoms with E-state index in [1.807, 2.05) is 0 Å². The Bertz CT molecular complexity index is 612. The third-order valence-corrected chi connectivity index (χ3v) is 4.29. The Labute approximate surface area is 124 Å². The van der Waals surface area contributed by atoms with Crippen LogP contribution in [0.2, 0.25) is 0 Å². The summed E-state index contributed by atoms with van der Waals surface area (Å²) in [7, 11) is 0. The van der Waals surface area contributed by atoms with E-state index in [1.54, 1.807) is 11.8 Å². The molecule has 0 fully saturated rings. The minimum Gasteiger partial charge on any atom is -0.488 e. The van der Waals surface area contributed by atoms with E-state index >= 15 is 0 Å². The van der Waals surface area contributed by atoms with Crippen LogP contribution in [0.1, 0.15) is 11.1 Å². The van der Waals surface area contributed by atoms with Gasteiger partial charge >= 0.3 is 0 Å². The third kappa shape index (κ3) is 2.93. The number of ether oxygens (including phenoxy) is 1. The van der Waals surface area contributed by atoms with Gasteiger partial charge in [0, 0.05) is 17.0 Å². The fourth-order valence-corrected chi connectivity index (χ4v) is 2.99. The Morgan fingerprint density at radius 1 is 1.25 bits per heavy atom. The smallest absolute Gasteiger partial charge is 0.123 e. The molecule has 0 saturated carbocycles. The highest BCUT2D eigenvalue weighted by Crippen LogP contribution is 2.29. The standard InChI is InChI=1S/C17H19NOS/c1-12-6-7-17-13(8-12)9-15(19-17)11-18-14-4-3-5-16(10-14)20-2/h3-8,10,15,18H,9,11H2,1-2H3. The molecule has 1 unspecified atom stereocenters. The molecule has 0 aromatic heterocycles. The molecular formula is C17H19NOS. The zero-order valence-corrected chi connectivity index (χ0v) is 12.7. The van der Waals surface area contributed by atoms with Gasteiger partial charge < -0.3 is 10.1 Å². The summed E-state index contributed by atoms with van der Waals surface area (Å²) in [5.74, 6) is 1.04. The summed E-state index contributed by atoms with van der Waals surface area (Å²) in [4.78, 5) is 1.28. The Morgan fingerprint density at radius 3 is 3.00 bits per heavy atom. The van der Waals surface area contributed by atoms with Gasteiger partial charge in [-0.25, -0.2) is 0 Å². The molecular weight excluding hydrogens is 266 g/mol. The molecule has 1 aliphatic heterocycles. The fourth-order valence-electron chi connectivity index (χ4n) is 2.53. The van der Waals surface area contributed by atoms with Crippen molar-refractivity contribution in [3.8, 4) is 5.75 Å². The van der Waals surface area contributed by atoms with Crippen LogP contribution in [-0.2, 0) is 6.42 Å². The predicted molar refractivity (Wildman–Crippen MR) is 86.0 cm³/mol. The van der Waals surface area contributed by atoms with Gasteiger partial charge in [0.2, 0.25) is 0 Å². The number of hydrogen-bond acceptors (Lipinski definition) is 3. The number of nitrogens with one attached hydrogen (secondary N) is 1. The molecule has 1 atom stereocenters. The second kappa shape index (κ2) is 5.80. The molecule has 0 radical (unpaired) electrons. The number of fused-ring (bicyclic) bond motifs is 1. The van der Waals surface area contributed by atoms with E-state index < -0.39 is 0 Å². The molecule has 2 aromatic rings. The first-order chi connectivity index (χ1) is 9.74. The van der Waals surface area contributed by atoms with Crippen LogP contribution in [0.15, 0.2) is 47.4 Å². The Morgan fingerprint density at radius 2 is 2.15 bits per heavy atom. The minimum absolute atomic E-state index is 0.227. The molecule has 0 amide bonds. The zero-order valence-electron chi connectivity index (χ0n) is 11.8. The monoisotopic (exact) mass is 285 g/mol. The van der Waals surface area contributed by atoms with Gasteiger partial charge in [-0.3, -0.25) is 0 Å². The van der Waals surface area contributed by atoms with Crippen molar-refractivity contribution in [2.24, 2.45) is 0 Å². The van der Waals surface area contributed by atoms with Crippen LogP contribution >= 0.6 is 11.8 Å². The molecule has 1 N–H and O–H groups in total. The lowest BCUT2D eigenvalue weighted by Crippen LogP contribution is -2.23. The van der Waals surface area contributed by atoms with Crippen LogP contribution in [0.3, 0.4) is 0 Å². The van der Waals surface area contributed by atoms with E-state index in [-0.39, 0.29) is 6.10 Å². The maximum absolute atomic E-state index is 5.97. The molecule has 104 valence electrons. The van der Waals surface area contributed by atoms with Crippen molar-refractivity contribution in [1.82, 2.24) is 0 Å². The molecule has 3 heteroatoms. The van der Waals surface area contributed by atoms with Crippen LogP contribution in [0.25, 0.3) is 0 Å². The van der Waals surface area contributed by atoms with Crippen LogP contribution in [0, 0.1) is 6.92 Å². The van der Waals surface area contributed by atoms with Gasteiger partial charge in [-0.15, -0.1) is 11.8 Å². The van der Waals surface area contributed by atoms with E-state index in [4.69, 9.17) is 4.74 Å². The number of aryl methyl sites for hydroxylation is 1. The van der Waals surface area contributed by atoms with Crippen molar-refractivity contribution in [3.05, 3.63) is 53.6 Å². The first-order valence-corrected chi connectivity index (χ1v) is 8.11. The van der Waals surface area contributed by atoms with Crippen molar-refractivity contribution >= 4 is 17.4 Å². The Kier molecular flexibility index (Phi) is 3.88. The molecule has 2 aromatic carbocycles. The minimum atomic E-state index is 0.227. The maximum atomic E-state index is 5.97. The van der Waals surface area contributed by atoms with E-state index in [0.717, 1.165) is 24.4 Å². The molecule has 0 saturated heterocycles. The number of rotatable bonds is 4. The normalized spacial score (nSPS) is 16.6. The first kappa shape index (κ1) is 13.4. The van der Waals surface area contributed by atoms with Gasteiger partial charge in [-0.2, -0.15) is 0 Å². The summed E-state index contributed by atoms with van der Waals surface area (Å²) in [5, 5.41) is 3.47. The SMILES string of the molecule is CSc1cccc(NCC2Cc3cc(C)ccc3O2)c1. The van der Waals surface area contributed by atoms with Crippen LogP contribution in [0.4, 0.5) is 5.69 Å². The summed E-state index contributed by atoms with van der Waals surface area (Å²) in [6.07, 6.45) is 3.31. The highest BCUT2D eigenvalue weighted by molar-refractivity contribution is 7.98. The van der Waals surface area contributed by atoms with E-state index in [9.17, 15) is 0 Å². The van der Waals surface area contributed by atoms with Crippen molar-refractivity contribution in [3.63, 3.8) is 0 Å². The highest BCUT2D eigenvalue weighted by atomic mass is 32.2. The number of anilines is 1. The van der Waals surface area contributed by atoms with Crippen LogP contribution in [-0.4, -0.2) is 18.9 Å². The molecule has 0 spiro atoms. The molecule has 0 aliphatic carbocycles. The third-order valence-electron chi connectivity index (χ3n) is 3.56. The second-order valence-electron chi connectivity index (χ2n) is 5.17. The summed E-state index contributed by atoms with van der Waals surface area (Å²) >= 11 is 1.76. The topological polar surface area (TPSA) is 21.3 Å². The summed E-state index contributed by atoms with van der Waals surface area (Å²) in [6.45, 7) is 2.96. The van der Waals surface area contributed by atoms with Gasteiger partial charge in [-0.1, -0.05) is 23.8 Å². The molecule has 3 rings (SSSR count). The molecule has 0 bridgehead atoms. The number of benzene rings is 2. The molecule has 1 aliphatic rings. The van der Waals surface area contributed by atoms with Crippen molar-refractivity contribution in [2.75, 3.05) is 18.1 Å². The second-order valence-corrected chi connectivity index (χ2v) is 6.05. The number of thioether (sulfide) groups is 1. The van der Waals surface area contributed by atoms with Gasteiger partial charge in [0.05, 0.1) is 6.54 Å². The van der Waals surface area contributed by atoms with Crippen molar-refractivity contribution in [1.29, 1.82) is 0 Å². The lowest BCUT2D eigenvalue weighted by molar-refractivity contribution is 0.246. The largest absolute Gasteiger partial charge is 0.488 e. The lowest BCUT2D eigenvalue weighted by atomic mass is 10.1. The van der Waals surface area contributed by atoms with Crippen molar-refractivity contribution in [2.45, 2.75) is 24.3 Å². The van der Waals surface area contributed by atoms with Crippen LogP contribution < -0.4 is 10.1 Å². The van der Waals surface area contributed by atoms with E-state index in [2.05, 4.69) is 61.0 Å². The summed E-state index contributed by atoms with van der Waals surface area (Å²) in [6, 6.07) is 14.9. The zero-order chi connectivity index (χ0) is 13.9. The fraction of sp³-hybridized carbons (Fsp3) is 0.294. The Hall–Kier alpha value is -1.61. The van der Waals surface area contributed by atoms with Gasteiger partial charge in [-0.05, 0) is 43.0 Å². The molecule has 20 heavy (non-hydrogen) atoms. The summed E-state index contributed by atoms with van der Waals surface area (Å²) in [5.41, 5.74) is 3.79. The molecule has 1 heterocycles. The summed E-state index contributed by atoms with van der Waals surface area (Å²) < 4.78 is 5.97. The average Bonchev–Trinajstić information content (AvgIpc) is 2.87. The van der Waals surface area contributed by atoms with Gasteiger partial charge in [0.1, 0.15) is 11.9 Å². The Balaban J connectivity index is 1.60. The first-order valence-electron chi connectivity index (χ1n) is 6.89. The lowest BCUT2D eigenvalue weighted by Gasteiger charge is -2.13. The quantitative estimate of drug-likeness (QED) is 0.853. The number of hydrogen-bond donors (Lipinski definition) is 1. The maximum Gasteiger partial charge on any atom is 0.123 e. The average molecular weight is 285 g/mol. The van der Waals surface area contributed by atoms with Gasteiger partial charge in [0.15, 0.2) is 0 Å². The predicted octanol–water partition coefficient (Wildman–Crippen LogP) is 4.13. The van der Waals surface area contributed by atoms with E-state index in [0.29, 0.717) is 0 Å². The van der Waals surface area contributed by atoms with E-state index in [1.165, 1.54) is 16.0 Å². The molecule has 2 nitrogen and oxygen atoms in total. The van der Waals surface area contributed by atoms with Crippen molar-refractivity contribution < 1.29 is 4.74 Å². The van der Waals surface area contributed by atoms with Crippen LogP contribution in [0.5, 0.6) is 5.75 Å².